The van der Waals surface area contributed by atoms with Crippen molar-refractivity contribution in [3.05, 3.63) is 57.2 Å². The number of halogens is 1. The first kappa shape index (κ1) is 21.5. The Bertz CT molecular complexity index is 716. The minimum atomic E-state index is -0.814. The lowest BCUT2D eigenvalue weighted by atomic mass is 10.1. The van der Waals surface area contributed by atoms with Gasteiger partial charge in [0.15, 0.2) is 0 Å². The van der Waals surface area contributed by atoms with E-state index in [0.717, 1.165) is 39.2 Å². The van der Waals surface area contributed by atoms with E-state index in [4.69, 9.17) is 9.84 Å². The van der Waals surface area contributed by atoms with Crippen molar-refractivity contribution in [1.82, 2.24) is 0 Å². The molecular formula is C22H28INO3. The van der Waals surface area contributed by atoms with E-state index in [-0.39, 0.29) is 6.42 Å². The fourth-order valence-corrected chi connectivity index (χ4v) is 3.27. The van der Waals surface area contributed by atoms with Crippen molar-refractivity contribution in [3.63, 3.8) is 0 Å². The molecule has 0 amide bonds. The topological polar surface area (TPSA) is 58.6 Å². The van der Waals surface area contributed by atoms with Crippen molar-refractivity contribution in [2.45, 2.75) is 52.0 Å². The number of hydrogen-bond donors (Lipinski definition) is 2. The molecule has 2 rings (SSSR count). The van der Waals surface area contributed by atoms with Crippen LogP contribution in [-0.2, 0) is 17.8 Å². The molecule has 27 heavy (non-hydrogen) atoms. The molecule has 0 bridgehead atoms. The highest BCUT2D eigenvalue weighted by atomic mass is 127. The zero-order chi connectivity index (χ0) is 19.5. The molecule has 0 spiro atoms. The van der Waals surface area contributed by atoms with Gasteiger partial charge in [-0.3, -0.25) is 4.79 Å². The van der Waals surface area contributed by atoms with Gasteiger partial charge in [-0.25, -0.2) is 0 Å². The summed E-state index contributed by atoms with van der Waals surface area (Å²) in [4.78, 5) is 10.8. The molecule has 0 fully saturated rings. The molecule has 2 N–H and O–H groups in total. The normalized spacial score (nSPS) is 10.6. The lowest BCUT2D eigenvalue weighted by Crippen LogP contribution is -2.05. The third-order valence-electron chi connectivity index (χ3n) is 4.33. The first-order chi connectivity index (χ1) is 13.1. The summed E-state index contributed by atoms with van der Waals surface area (Å²) in [5.74, 6) is 0.124. The average Bonchev–Trinajstić information content (AvgIpc) is 2.64. The Balaban J connectivity index is 1.88. The molecule has 146 valence electrons. The number of anilines is 1. The maximum atomic E-state index is 10.8. The van der Waals surface area contributed by atoms with Gasteiger partial charge in [-0.1, -0.05) is 50.8 Å². The van der Waals surface area contributed by atoms with Crippen LogP contribution >= 0.6 is 22.6 Å². The highest BCUT2D eigenvalue weighted by Gasteiger charge is 2.06. The van der Waals surface area contributed by atoms with Crippen molar-refractivity contribution in [3.8, 4) is 5.75 Å². The molecule has 0 saturated heterocycles. The Morgan fingerprint density at radius 3 is 2.52 bits per heavy atom. The first-order valence-corrected chi connectivity index (χ1v) is 10.6. The Morgan fingerprint density at radius 1 is 1.07 bits per heavy atom. The van der Waals surface area contributed by atoms with Crippen LogP contribution < -0.4 is 10.1 Å². The summed E-state index contributed by atoms with van der Waals surface area (Å²) in [5.41, 5.74) is 2.89. The van der Waals surface area contributed by atoms with E-state index in [1.54, 1.807) is 0 Å². The maximum absolute atomic E-state index is 10.8. The van der Waals surface area contributed by atoms with Gasteiger partial charge in [0.05, 0.1) is 13.0 Å². The summed E-state index contributed by atoms with van der Waals surface area (Å²) in [7, 11) is 0. The van der Waals surface area contributed by atoms with E-state index in [9.17, 15) is 4.79 Å². The summed E-state index contributed by atoms with van der Waals surface area (Å²) in [5, 5.41) is 12.2. The number of hydrogen-bond acceptors (Lipinski definition) is 3. The Morgan fingerprint density at radius 2 is 1.81 bits per heavy atom. The van der Waals surface area contributed by atoms with Gasteiger partial charge in [0.1, 0.15) is 5.75 Å². The van der Waals surface area contributed by atoms with Crippen LogP contribution in [0.5, 0.6) is 5.75 Å². The van der Waals surface area contributed by atoms with Gasteiger partial charge < -0.3 is 15.2 Å². The quantitative estimate of drug-likeness (QED) is 0.294. The van der Waals surface area contributed by atoms with Gasteiger partial charge in [0.2, 0.25) is 0 Å². The second-order valence-corrected chi connectivity index (χ2v) is 7.88. The van der Waals surface area contributed by atoms with Crippen molar-refractivity contribution in [2.75, 3.05) is 11.9 Å². The molecule has 0 atom stereocenters. The van der Waals surface area contributed by atoms with Gasteiger partial charge >= 0.3 is 5.97 Å². The van der Waals surface area contributed by atoms with Crippen LogP contribution in [0.4, 0.5) is 5.69 Å². The molecule has 0 aliphatic carbocycles. The summed E-state index contributed by atoms with van der Waals surface area (Å²) >= 11 is 2.31. The molecule has 0 heterocycles. The molecule has 2 aromatic rings. The number of rotatable bonds is 12. The molecular weight excluding hydrogens is 453 g/mol. The fourth-order valence-electron chi connectivity index (χ4n) is 2.81. The standard InChI is InChI=1S/C22H28INO3/c1-2-3-4-5-6-13-27-21-15-19(23)10-9-18(21)16-24-20-11-7-17(8-12-20)14-22(25)26/h7-12,15,24H,2-6,13-14,16H2,1H3,(H,25,26). The summed E-state index contributed by atoms with van der Waals surface area (Å²) in [6.07, 6.45) is 6.18. The molecule has 0 aromatic heterocycles. The van der Waals surface area contributed by atoms with Crippen LogP contribution in [0.3, 0.4) is 0 Å². The van der Waals surface area contributed by atoms with Crippen molar-refractivity contribution in [2.24, 2.45) is 0 Å². The summed E-state index contributed by atoms with van der Waals surface area (Å²) in [6, 6.07) is 13.8. The fraction of sp³-hybridized carbons (Fsp3) is 0.409. The van der Waals surface area contributed by atoms with E-state index in [1.807, 2.05) is 24.3 Å². The van der Waals surface area contributed by atoms with Crippen LogP contribution in [0.15, 0.2) is 42.5 Å². The minimum Gasteiger partial charge on any atom is -0.493 e. The van der Waals surface area contributed by atoms with E-state index in [1.165, 1.54) is 25.7 Å². The zero-order valence-corrected chi connectivity index (χ0v) is 18.0. The van der Waals surface area contributed by atoms with Crippen LogP contribution in [0.1, 0.15) is 50.2 Å². The lowest BCUT2D eigenvalue weighted by molar-refractivity contribution is -0.136. The number of nitrogens with one attached hydrogen (secondary N) is 1. The van der Waals surface area contributed by atoms with Crippen LogP contribution in [0.25, 0.3) is 0 Å². The SMILES string of the molecule is CCCCCCCOc1cc(I)ccc1CNc1ccc(CC(=O)O)cc1. The zero-order valence-electron chi connectivity index (χ0n) is 15.8. The number of benzene rings is 2. The number of unbranched alkanes of at least 4 members (excludes halogenated alkanes) is 4. The third kappa shape index (κ3) is 8.20. The molecule has 0 unspecified atom stereocenters. The second kappa shape index (κ2) is 11.8. The molecule has 0 aliphatic rings. The smallest absolute Gasteiger partial charge is 0.307 e. The molecule has 0 saturated carbocycles. The molecule has 4 nitrogen and oxygen atoms in total. The van der Waals surface area contributed by atoms with E-state index in [2.05, 4.69) is 53.0 Å². The lowest BCUT2D eigenvalue weighted by Gasteiger charge is -2.14. The van der Waals surface area contributed by atoms with Crippen molar-refractivity contribution >= 4 is 34.2 Å². The number of carboxylic acids is 1. The Hall–Kier alpha value is -1.76. The summed E-state index contributed by atoms with van der Waals surface area (Å²) < 4.78 is 7.20. The summed E-state index contributed by atoms with van der Waals surface area (Å²) in [6.45, 7) is 3.64. The number of ether oxygens (including phenoxy) is 1. The molecule has 5 heteroatoms. The highest BCUT2D eigenvalue weighted by Crippen LogP contribution is 2.23. The van der Waals surface area contributed by atoms with Crippen LogP contribution in [0.2, 0.25) is 0 Å². The van der Waals surface area contributed by atoms with Crippen molar-refractivity contribution < 1.29 is 14.6 Å². The Labute approximate surface area is 175 Å². The largest absolute Gasteiger partial charge is 0.493 e. The minimum absolute atomic E-state index is 0.0493. The van der Waals surface area contributed by atoms with Gasteiger partial charge in [-0.2, -0.15) is 0 Å². The Kier molecular flexibility index (Phi) is 9.45. The predicted octanol–water partition coefficient (Wildman–Crippen LogP) is 5.88. The molecule has 2 aromatic carbocycles. The number of carboxylic acid groups (broad SMARTS) is 1. The first-order valence-electron chi connectivity index (χ1n) is 9.54. The van der Waals surface area contributed by atoms with E-state index >= 15 is 0 Å². The van der Waals surface area contributed by atoms with E-state index < -0.39 is 5.97 Å². The number of aliphatic carboxylic acids is 1. The molecule has 0 radical (unpaired) electrons. The van der Waals surface area contributed by atoms with Gasteiger partial charge in [-0.05, 0) is 58.8 Å². The third-order valence-corrected chi connectivity index (χ3v) is 5.00. The van der Waals surface area contributed by atoms with Gasteiger partial charge in [0, 0.05) is 21.4 Å². The highest BCUT2D eigenvalue weighted by molar-refractivity contribution is 14.1. The van der Waals surface area contributed by atoms with Crippen molar-refractivity contribution in [1.29, 1.82) is 0 Å². The maximum Gasteiger partial charge on any atom is 0.307 e. The molecule has 0 aliphatic heterocycles. The second-order valence-electron chi connectivity index (χ2n) is 6.64. The number of carbonyl (C=O) groups is 1. The van der Waals surface area contributed by atoms with Crippen LogP contribution in [0, 0.1) is 3.57 Å². The van der Waals surface area contributed by atoms with Crippen LogP contribution in [-0.4, -0.2) is 17.7 Å². The average molecular weight is 481 g/mol. The monoisotopic (exact) mass is 481 g/mol. The van der Waals surface area contributed by atoms with Gasteiger partial charge in [-0.15, -0.1) is 0 Å². The van der Waals surface area contributed by atoms with Gasteiger partial charge in [0.25, 0.3) is 0 Å². The predicted molar refractivity (Wildman–Crippen MR) is 119 cm³/mol. The van der Waals surface area contributed by atoms with E-state index in [0.29, 0.717) is 6.54 Å².